The summed E-state index contributed by atoms with van der Waals surface area (Å²) in [5, 5.41) is 4.80. The van der Waals surface area contributed by atoms with E-state index in [1.807, 2.05) is 29.3 Å². The lowest BCUT2D eigenvalue weighted by molar-refractivity contribution is 0.694. The van der Waals surface area contributed by atoms with Gasteiger partial charge in [-0.15, -0.1) is 11.3 Å². The largest absolute Gasteiger partial charge is 0.309 e. The van der Waals surface area contributed by atoms with Crippen molar-refractivity contribution in [3.63, 3.8) is 0 Å². The topological polar surface area (TPSA) is 24.9 Å². The predicted molar refractivity (Wildman–Crippen MR) is 73.0 cm³/mol. The van der Waals surface area contributed by atoms with Gasteiger partial charge in [0.05, 0.1) is 0 Å². The summed E-state index contributed by atoms with van der Waals surface area (Å²) in [5.74, 6) is 3.09. The number of nitrogens with one attached hydrogen (secondary N) is 1. The summed E-state index contributed by atoms with van der Waals surface area (Å²) in [7, 11) is 0. The molecule has 1 aromatic heterocycles. The zero-order chi connectivity index (χ0) is 11.4. The zero-order valence-corrected chi connectivity index (χ0v) is 11.7. The highest BCUT2D eigenvalue weighted by Gasteiger charge is 2.20. The van der Waals surface area contributed by atoms with Crippen molar-refractivity contribution in [1.82, 2.24) is 10.3 Å². The van der Waals surface area contributed by atoms with Crippen molar-refractivity contribution in [2.45, 2.75) is 45.0 Å². The third kappa shape index (κ3) is 4.44. The minimum atomic E-state index is 0.779. The molecule has 0 radical (unpaired) electrons. The Bertz CT molecular complexity index is 319. The summed E-state index contributed by atoms with van der Waals surface area (Å²) in [4.78, 5) is 5.85. The number of rotatable bonds is 7. The standard InChI is InChI=1S/C12H20N2S2/c1-9(2)7-15-8-12-14-6-11(16-12)5-13-10-3-4-10/h6,9-10,13H,3-5,7-8H2,1-2H3. The third-order valence-electron chi connectivity index (χ3n) is 2.42. The van der Waals surface area contributed by atoms with Crippen LogP contribution in [0.1, 0.15) is 36.6 Å². The van der Waals surface area contributed by atoms with Gasteiger partial charge in [-0.3, -0.25) is 0 Å². The predicted octanol–water partition coefficient (Wildman–Crippen LogP) is 3.28. The molecule has 0 bridgehead atoms. The SMILES string of the molecule is CC(C)CSCc1ncc(CNC2CC2)s1. The average Bonchev–Trinajstić information content (AvgIpc) is 2.96. The highest BCUT2D eigenvalue weighted by atomic mass is 32.2. The van der Waals surface area contributed by atoms with Crippen LogP contribution in [0.2, 0.25) is 0 Å². The number of aromatic nitrogens is 1. The molecule has 1 aromatic rings. The van der Waals surface area contributed by atoms with Gasteiger partial charge in [0.25, 0.3) is 0 Å². The van der Waals surface area contributed by atoms with Crippen molar-refractivity contribution in [3.05, 3.63) is 16.1 Å². The molecule has 0 aliphatic heterocycles. The maximum Gasteiger partial charge on any atom is 0.103 e. The van der Waals surface area contributed by atoms with E-state index in [4.69, 9.17) is 0 Å². The Morgan fingerprint density at radius 1 is 1.56 bits per heavy atom. The maximum absolute atomic E-state index is 4.47. The lowest BCUT2D eigenvalue weighted by atomic mass is 10.3. The molecule has 0 saturated heterocycles. The highest BCUT2D eigenvalue weighted by Crippen LogP contribution is 2.22. The van der Waals surface area contributed by atoms with Crippen LogP contribution < -0.4 is 5.32 Å². The number of hydrogen-bond acceptors (Lipinski definition) is 4. The number of thioether (sulfide) groups is 1. The molecule has 1 saturated carbocycles. The van der Waals surface area contributed by atoms with E-state index in [1.54, 1.807) is 0 Å². The fraction of sp³-hybridized carbons (Fsp3) is 0.750. The van der Waals surface area contributed by atoms with Crippen LogP contribution >= 0.6 is 23.1 Å². The van der Waals surface area contributed by atoms with E-state index in [0.717, 1.165) is 24.3 Å². The summed E-state index contributed by atoms with van der Waals surface area (Å²) >= 11 is 3.85. The van der Waals surface area contributed by atoms with Gasteiger partial charge in [-0.2, -0.15) is 11.8 Å². The summed E-state index contributed by atoms with van der Waals surface area (Å²) in [6, 6.07) is 0.792. The molecule has 1 aliphatic rings. The molecule has 4 heteroatoms. The smallest absolute Gasteiger partial charge is 0.103 e. The van der Waals surface area contributed by atoms with E-state index in [2.05, 4.69) is 24.1 Å². The minimum absolute atomic E-state index is 0.779. The molecular formula is C12H20N2S2. The Labute approximate surface area is 106 Å². The van der Waals surface area contributed by atoms with Crippen LogP contribution in [0.4, 0.5) is 0 Å². The van der Waals surface area contributed by atoms with Crippen molar-refractivity contribution < 1.29 is 0 Å². The Balaban J connectivity index is 1.68. The Kier molecular flexibility index (Phi) is 4.67. The molecule has 0 unspecified atom stereocenters. The first-order valence-electron chi connectivity index (χ1n) is 5.98. The van der Waals surface area contributed by atoms with Crippen LogP contribution in [-0.4, -0.2) is 16.8 Å². The molecule has 1 fully saturated rings. The Hall–Kier alpha value is -0.0600. The van der Waals surface area contributed by atoms with Crippen LogP contribution in [-0.2, 0) is 12.3 Å². The second kappa shape index (κ2) is 6.03. The second-order valence-corrected chi connectivity index (χ2v) is 7.01. The van der Waals surface area contributed by atoms with Gasteiger partial charge < -0.3 is 5.32 Å². The number of nitrogens with zero attached hydrogens (tertiary/aromatic N) is 1. The van der Waals surface area contributed by atoms with Crippen LogP contribution in [0, 0.1) is 5.92 Å². The first kappa shape index (κ1) is 12.4. The van der Waals surface area contributed by atoms with Gasteiger partial charge in [0, 0.05) is 29.4 Å². The molecule has 2 nitrogen and oxygen atoms in total. The lowest BCUT2D eigenvalue weighted by Gasteiger charge is -2.01. The quantitative estimate of drug-likeness (QED) is 0.810. The number of hydrogen-bond donors (Lipinski definition) is 1. The molecule has 2 rings (SSSR count). The fourth-order valence-electron chi connectivity index (χ4n) is 1.41. The van der Waals surface area contributed by atoms with Crippen LogP contribution in [0.5, 0.6) is 0 Å². The monoisotopic (exact) mass is 256 g/mol. The molecule has 1 N–H and O–H groups in total. The van der Waals surface area contributed by atoms with Gasteiger partial charge in [-0.25, -0.2) is 4.98 Å². The Morgan fingerprint density at radius 3 is 3.06 bits per heavy atom. The molecule has 90 valence electrons. The summed E-state index contributed by atoms with van der Waals surface area (Å²) < 4.78 is 0. The van der Waals surface area contributed by atoms with Crippen molar-refractivity contribution in [3.8, 4) is 0 Å². The molecule has 0 spiro atoms. The van der Waals surface area contributed by atoms with Gasteiger partial charge in [-0.05, 0) is 24.5 Å². The fourth-order valence-corrected chi connectivity index (χ4v) is 3.40. The Morgan fingerprint density at radius 2 is 2.38 bits per heavy atom. The average molecular weight is 256 g/mol. The molecule has 0 amide bonds. The van der Waals surface area contributed by atoms with Crippen molar-refractivity contribution in [2.24, 2.45) is 5.92 Å². The van der Waals surface area contributed by atoms with Crippen LogP contribution in [0.15, 0.2) is 6.20 Å². The van der Waals surface area contributed by atoms with Crippen molar-refractivity contribution in [1.29, 1.82) is 0 Å². The molecule has 1 aliphatic carbocycles. The van der Waals surface area contributed by atoms with Crippen LogP contribution in [0.25, 0.3) is 0 Å². The van der Waals surface area contributed by atoms with E-state index < -0.39 is 0 Å². The van der Waals surface area contributed by atoms with Gasteiger partial charge in [-0.1, -0.05) is 13.8 Å². The molecule has 16 heavy (non-hydrogen) atoms. The second-order valence-electron chi connectivity index (χ2n) is 4.78. The maximum atomic E-state index is 4.47. The third-order valence-corrected chi connectivity index (χ3v) is 4.98. The van der Waals surface area contributed by atoms with Crippen LogP contribution in [0.3, 0.4) is 0 Å². The van der Waals surface area contributed by atoms with E-state index in [0.29, 0.717) is 0 Å². The van der Waals surface area contributed by atoms with Gasteiger partial charge in [0.15, 0.2) is 0 Å². The zero-order valence-electron chi connectivity index (χ0n) is 10.0. The van der Waals surface area contributed by atoms with E-state index in [9.17, 15) is 0 Å². The van der Waals surface area contributed by atoms with E-state index in [1.165, 1.54) is 28.5 Å². The molecule has 1 heterocycles. The van der Waals surface area contributed by atoms with E-state index >= 15 is 0 Å². The highest BCUT2D eigenvalue weighted by molar-refractivity contribution is 7.98. The van der Waals surface area contributed by atoms with Crippen molar-refractivity contribution >= 4 is 23.1 Å². The summed E-state index contributed by atoms with van der Waals surface area (Å²) in [6.45, 7) is 5.54. The van der Waals surface area contributed by atoms with E-state index in [-0.39, 0.29) is 0 Å². The van der Waals surface area contributed by atoms with Crippen molar-refractivity contribution in [2.75, 3.05) is 5.75 Å². The normalized spacial score (nSPS) is 15.9. The van der Waals surface area contributed by atoms with Gasteiger partial charge in [0.2, 0.25) is 0 Å². The molecule has 0 atom stereocenters. The van der Waals surface area contributed by atoms with Gasteiger partial charge in [0.1, 0.15) is 5.01 Å². The number of thiazole rings is 1. The molecular weight excluding hydrogens is 236 g/mol. The first-order chi connectivity index (χ1) is 7.74. The first-order valence-corrected chi connectivity index (χ1v) is 7.96. The minimum Gasteiger partial charge on any atom is -0.309 e. The summed E-state index contributed by atoms with van der Waals surface area (Å²) in [6.07, 6.45) is 4.75. The summed E-state index contributed by atoms with van der Waals surface area (Å²) in [5.41, 5.74) is 0. The lowest BCUT2D eigenvalue weighted by Crippen LogP contribution is -2.14. The van der Waals surface area contributed by atoms with Gasteiger partial charge >= 0.3 is 0 Å². The molecule has 0 aromatic carbocycles.